The molecule has 234 valence electrons. The number of nitrogens with one attached hydrogen (secondary N) is 2. The Balaban J connectivity index is 1.19. The minimum absolute atomic E-state index is 0.0296. The van der Waals surface area contributed by atoms with Crippen molar-refractivity contribution in [1.82, 2.24) is 19.9 Å². The van der Waals surface area contributed by atoms with Gasteiger partial charge in [0.05, 0.1) is 66.2 Å². The number of hydrazine groups is 1. The molecule has 2 fully saturated rings. The maximum Gasteiger partial charge on any atom is 0.416 e. The summed E-state index contributed by atoms with van der Waals surface area (Å²) in [6.45, 7) is 8.33. The van der Waals surface area contributed by atoms with Gasteiger partial charge in [0.1, 0.15) is 5.69 Å². The summed E-state index contributed by atoms with van der Waals surface area (Å²) in [5.41, 5.74) is 1.69. The van der Waals surface area contributed by atoms with Gasteiger partial charge in [-0.25, -0.2) is 5.84 Å². The van der Waals surface area contributed by atoms with Crippen molar-refractivity contribution in [1.29, 1.82) is 5.41 Å². The SMILES string of the molecule is Cc1ncc(NC(=O)c2cc(C(F)(F)F)ccn2)cc1N(N)CC(=N)c1cncc(N2CCC(CN3CCOCC3)CC2)c1. The first-order valence-electron chi connectivity index (χ1n) is 14.5. The second-order valence-electron chi connectivity index (χ2n) is 11.1. The minimum atomic E-state index is -4.60. The maximum absolute atomic E-state index is 13.1. The highest BCUT2D eigenvalue weighted by molar-refractivity contribution is 6.03. The van der Waals surface area contributed by atoms with E-state index in [9.17, 15) is 18.0 Å². The lowest BCUT2D eigenvalue weighted by Crippen LogP contribution is -2.43. The van der Waals surface area contributed by atoms with E-state index < -0.39 is 17.6 Å². The topological polar surface area (TPSA) is 137 Å². The molecule has 11 nitrogen and oxygen atoms in total. The van der Waals surface area contributed by atoms with Crippen molar-refractivity contribution in [3.63, 3.8) is 0 Å². The number of piperidine rings is 1. The third kappa shape index (κ3) is 7.87. The molecule has 0 aromatic carbocycles. The van der Waals surface area contributed by atoms with Crippen LogP contribution >= 0.6 is 0 Å². The minimum Gasteiger partial charge on any atom is -0.379 e. The fourth-order valence-electron chi connectivity index (χ4n) is 5.44. The number of ether oxygens (including phenoxy) is 1. The molecule has 0 unspecified atom stereocenters. The van der Waals surface area contributed by atoms with Gasteiger partial charge in [-0.1, -0.05) is 0 Å². The first-order chi connectivity index (χ1) is 21.1. The van der Waals surface area contributed by atoms with Crippen molar-refractivity contribution >= 4 is 28.7 Å². The summed E-state index contributed by atoms with van der Waals surface area (Å²) in [4.78, 5) is 29.8. The summed E-state index contributed by atoms with van der Waals surface area (Å²) >= 11 is 0. The van der Waals surface area contributed by atoms with Gasteiger partial charge < -0.3 is 25.4 Å². The summed E-state index contributed by atoms with van der Waals surface area (Å²) in [5.74, 6) is 6.18. The highest BCUT2D eigenvalue weighted by Crippen LogP contribution is 2.29. The molecule has 0 atom stereocenters. The number of anilines is 3. The molecule has 0 bridgehead atoms. The fraction of sp³-hybridized carbons (Fsp3) is 0.433. The van der Waals surface area contributed by atoms with Crippen LogP contribution in [-0.4, -0.2) is 84.0 Å². The van der Waals surface area contributed by atoms with E-state index in [2.05, 4.69) is 30.1 Å². The van der Waals surface area contributed by atoms with Crippen molar-refractivity contribution in [2.45, 2.75) is 25.9 Å². The zero-order valence-corrected chi connectivity index (χ0v) is 24.5. The van der Waals surface area contributed by atoms with Gasteiger partial charge in [-0.2, -0.15) is 13.2 Å². The lowest BCUT2D eigenvalue weighted by atomic mass is 9.95. The molecule has 3 aromatic rings. The van der Waals surface area contributed by atoms with Gasteiger partial charge in [-0.15, -0.1) is 0 Å². The van der Waals surface area contributed by atoms with Crippen molar-refractivity contribution < 1.29 is 22.7 Å². The summed E-state index contributed by atoms with van der Waals surface area (Å²) < 4.78 is 44.6. The van der Waals surface area contributed by atoms with Crippen LogP contribution in [-0.2, 0) is 10.9 Å². The average molecular weight is 612 g/mol. The van der Waals surface area contributed by atoms with E-state index in [1.807, 2.05) is 12.3 Å². The number of carbonyl (C=O) groups excluding carboxylic acids is 1. The first kappa shape index (κ1) is 31.3. The number of hydrogen-bond donors (Lipinski definition) is 3. The van der Waals surface area contributed by atoms with Gasteiger partial charge >= 0.3 is 6.18 Å². The Morgan fingerprint density at radius 2 is 1.86 bits per heavy atom. The molecule has 4 N–H and O–H groups in total. The van der Waals surface area contributed by atoms with Crippen molar-refractivity contribution in [3.05, 3.63) is 71.6 Å². The average Bonchev–Trinajstić information content (AvgIpc) is 3.02. The highest BCUT2D eigenvalue weighted by Gasteiger charge is 2.31. The van der Waals surface area contributed by atoms with E-state index in [0.717, 1.165) is 76.7 Å². The summed E-state index contributed by atoms with van der Waals surface area (Å²) in [7, 11) is 0. The van der Waals surface area contributed by atoms with E-state index in [4.69, 9.17) is 16.0 Å². The zero-order valence-electron chi connectivity index (χ0n) is 24.5. The predicted molar refractivity (Wildman–Crippen MR) is 161 cm³/mol. The van der Waals surface area contributed by atoms with E-state index in [1.165, 1.54) is 11.2 Å². The molecule has 0 saturated carbocycles. The van der Waals surface area contributed by atoms with Gasteiger partial charge in [-0.3, -0.25) is 24.6 Å². The molecule has 2 saturated heterocycles. The lowest BCUT2D eigenvalue weighted by molar-refractivity contribution is -0.137. The molecule has 44 heavy (non-hydrogen) atoms. The number of pyridine rings is 3. The Kier molecular flexibility index (Phi) is 9.71. The molecule has 2 aliphatic heterocycles. The Morgan fingerprint density at radius 1 is 1.11 bits per heavy atom. The van der Waals surface area contributed by atoms with E-state index in [1.54, 1.807) is 19.2 Å². The van der Waals surface area contributed by atoms with Crippen LogP contribution in [0, 0.1) is 18.3 Å². The molecule has 14 heteroatoms. The molecule has 0 aliphatic carbocycles. The Hall–Kier alpha value is -4.14. The van der Waals surface area contributed by atoms with Crippen LogP contribution in [0.1, 0.15) is 40.2 Å². The lowest BCUT2D eigenvalue weighted by Gasteiger charge is -2.37. The van der Waals surface area contributed by atoms with Gasteiger partial charge in [-0.05, 0) is 49.9 Å². The van der Waals surface area contributed by atoms with Crippen LogP contribution < -0.4 is 21.1 Å². The van der Waals surface area contributed by atoms with E-state index in [0.29, 0.717) is 28.9 Å². The molecule has 0 spiro atoms. The number of morpholine rings is 1. The molecular weight excluding hydrogens is 575 g/mol. The number of carbonyl (C=O) groups is 1. The molecule has 3 aromatic heterocycles. The monoisotopic (exact) mass is 611 g/mol. The van der Waals surface area contributed by atoms with Crippen molar-refractivity contribution in [2.24, 2.45) is 11.8 Å². The normalized spacial score (nSPS) is 16.5. The molecule has 0 radical (unpaired) electrons. The van der Waals surface area contributed by atoms with Gasteiger partial charge in [0.25, 0.3) is 5.91 Å². The van der Waals surface area contributed by atoms with Crippen LogP contribution in [0.4, 0.5) is 30.2 Å². The number of amides is 1. The molecular formula is C30H36F3N9O2. The maximum atomic E-state index is 13.1. The number of halogens is 3. The van der Waals surface area contributed by atoms with Crippen LogP contribution in [0.25, 0.3) is 0 Å². The van der Waals surface area contributed by atoms with Crippen LogP contribution in [0.2, 0.25) is 0 Å². The van der Waals surface area contributed by atoms with Gasteiger partial charge in [0.15, 0.2) is 0 Å². The highest BCUT2D eigenvalue weighted by atomic mass is 19.4. The molecule has 2 aliphatic rings. The molecule has 1 amide bonds. The second kappa shape index (κ2) is 13.7. The Labute approximate surface area is 253 Å². The number of aryl methyl sites for hydroxylation is 1. The summed E-state index contributed by atoms with van der Waals surface area (Å²) in [6, 6.07) is 4.99. The third-order valence-electron chi connectivity index (χ3n) is 7.95. The number of rotatable bonds is 9. The summed E-state index contributed by atoms with van der Waals surface area (Å²) in [5, 5.41) is 12.6. The number of nitrogens with zero attached hydrogens (tertiary/aromatic N) is 6. The smallest absolute Gasteiger partial charge is 0.379 e. The standard InChI is InChI=1S/C30H36F3N9O2/c1-20-28(14-24(16-38-20)39-29(43)27-13-23(2-5-37-27)30(31,32)33)42(35)19-26(34)22-12-25(17-36-15-22)41-6-3-21(4-7-41)18-40-8-10-44-11-9-40/h2,5,12-17,21,34H,3-4,6-11,18-19,35H2,1H3,(H,39,43). The molecule has 5 heterocycles. The van der Waals surface area contributed by atoms with Gasteiger partial charge in [0, 0.05) is 50.7 Å². The quantitative estimate of drug-likeness (QED) is 0.188. The zero-order chi connectivity index (χ0) is 31.3. The van der Waals surface area contributed by atoms with Crippen molar-refractivity contribution in [3.8, 4) is 0 Å². The number of alkyl halides is 3. The largest absolute Gasteiger partial charge is 0.416 e. The Bertz CT molecular complexity index is 1470. The predicted octanol–water partition coefficient (Wildman–Crippen LogP) is 3.75. The first-order valence-corrected chi connectivity index (χ1v) is 14.5. The number of nitrogens with two attached hydrogens (primary N) is 1. The van der Waals surface area contributed by atoms with E-state index in [-0.39, 0.29) is 23.6 Å². The number of hydrogen-bond acceptors (Lipinski definition) is 10. The number of aromatic nitrogens is 3. The second-order valence-corrected chi connectivity index (χ2v) is 11.1. The van der Waals surface area contributed by atoms with E-state index >= 15 is 0 Å². The van der Waals surface area contributed by atoms with Crippen molar-refractivity contribution in [2.75, 3.05) is 67.7 Å². The van der Waals surface area contributed by atoms with Crippen LogP contribution in [0.3, 0.4) is 0 Å². The fourth-order valence-corrected chi connectivity index (χ4v) is 5.44. The summed E-state index contributed by atoms with van der Waals surface area (Å²) in [6.07, 6.45) is 3.35. The van der Waals surface area contributed by atoms with Crippen LogP contribution in [0.15, 0.2) is 49.1 Å². The van der Waals surface area contributed by atoms with Crippen LogP contribution in [0.5, 0.6) is 0 Å². The molecule has 5 rings (SSSR count). The van der Waals surface area contributed by atoms with Gasteiger partial charge in [0.2, 0.25) is 0 Å². The Morgan fingerprint density at radius 3 is 2.59 bits per heavy atom. The third-order valence-corrected chi connectivity index (χ3v) is 7.95.